The van der Waals surface area contributed by atoms with E-state index in [9.17, 15) is 0 Å². The van der Waals surface area contributed by atoms with E-state index in [0.29, 0.717) is 5.82 Å². The van der Waals surface area contributed by atoms with Crippen molar-refractivity contribution in [1.29, 1.82) is 0 Å². The van der Waals surface area contributed by atoms with E-state index in [0.717, 1.165) is 6.42 Å². The van der Waals surface area contributed by atoms with Crippen LogP contribution in [0.2, 0.25) is 0 Å². The van der Waals surface area contributed by atoms with Gasteiger partial charge in [-0.2, -0.15) is 5.21 Å². The van der Waals surface area contributed by atoms with Crippen LogP contribution in [0, 0.1) is 0 Å². The van der Waals surface area contributed by atoms with Crippen LogP contribution in [0.4, 0.5) is 0 Å². The molecule has 0 saturated heterocycles. The lowest BCUT2D eigenvalue weighted by atomic mass is 10.2. The highest BCUT2D eigenvalue weighted by Crippen LogP contribution is 2.03. The molecule has 1 rings (SSSR count). The Balaban J connectivity index is 2.65. The van der Waals surface area contributed by atoms with Crippen molar-refractivity contribution in [1.82, 2.24) is 20.6 Å². The molecule has 0 bridgehead atoms. The Bertz CT molecular complexity index is 157. The Labute approximate surface area is 52.6 Å². The van der Waals surface area contributed by atoms with Gasteiger partial charge in [-0.25, -0.2) is 0 Å². The average molecular weight is 127 g/mol. The minimum Gasteiger partial charge on any atom is -0.321 e. The summed E-state index contributed by atoms with van der Waals surface area (Å²) in [7, 11) is 0. The van der Waals surface area contributed by atoms with Crippen molar-refractivity contribution in [2.45, 2.75) is 19.4 Å². The minimum atomic E-state index is -0.0799. The van der Waals surface area contributed by atoms with Crippen LogP contribution in [0.25, 0.3) is 0 Å². The van der Waals surface area contributed by atoms with E-state index in [4.69, 9.17) is 5.73 Å². The molecule has 5 heteroatoms. The zero-order valence-corrected chi connectivity index (χ0v) is 5.20. The molecule has 3 N–H and O–H groups in total. The molecule has 0 saturated carbocycles. The summed E-state index contributed by atoms with van der Waals surface area (Å²) in [6, 6.07) is -0.0799. The van der Waals surface area contributed by atoms with Gasteiger partial charge in [-0.15, -0.1) is 10.2 Å². The smallest absolute Gasteiger partial charge is 0.191 e. The van der Waals surface area contributed by atoms with Gasteiger partial charge in [0.25, 0.3) is 0 Å². The number of aromatic amines is 1. The molecule has 0 aliphatic carbocycles. The van der Waals surface area contributed by atoms with Crippen LogP contribution in [0.15, 0.2) is 0 Å². The summed E-state index contributed by atoms with van der Waals surface area (Å²) in [5, 5.41) is 13.1. The van der Waals surface area contributed by atoms with Crippen molar-refractivity contribution >= 4 is 0 Å². The van der Waals surface area contributed by atoms with Crippen LogP contribution in [-0.2, 0) is 0 Å². The highest BCUT2D eigenvalue weighted by molar-refractivity contribution is 4.84. The molecule has 0 amide bonds. The molecule has 0 aliphatic heterocycles. The number of hydrogen-bond acceptors (Lipinski definition) is 4. The van der Waals surface area contributed by atoms with E-state index in [-0.39, 0.29) is 6.04 Å². The topological polar surface area (TPSA) is 80.5 Å². The lowest BCUT2D eigenvalue weighted by molar-refractivity contribution is 0.650. The van der Waals surface area contributed by atoms with Crippen LogP contribution in [0.1, 0.15) is 25.2 Å². The van der Waals surface area contributed by atoms with Crippen LogP contribution in [0.5, 0.6) is 0 Å². The number of hydrogen-bond donors (Lipinski definition) is 2. The zero-order chi connectivity index (χ0) is 6.69. The molecule has 1 aromatic rings. The second-order valence-electron chi connectivity index (χ2n) is 1.78. The summed E-state index contributed by atoms with van der Waals surface area (Å²) in [5.74, 6) is 0.581. The first-order valence-electron chi connectivity index (χ1n) is 2.83. The standard InChI is InChI=1S/C4H9N5/c1-2-3(5)4-6-8-9-7-4/h3H,2,5H2,1H3,(H,6,7,8,9). The number of nitrogens with two attached hydrogens (primary N) is 1. The maximum Gasteiger partial charge on any atom is 0.191 e. The highest BCUT2D eigenvalue weighted by Gasteiger charge is 2.05. The van der Waals surface area contributed by atoms with E-state index in [2.05, 4.69) is 20.6 Å². The SMILES string of the molecule is CCC(N)c1nn[nH]n1. The summed E-state index contributed by atoms with van der Waals surface area (Å²) in [5.41, 5.74) is 5.55. The fraction of sp³-hybridized carbons (Fsp3) is 0.750. The predicted octanol–water partition coefficient (Wildman–Crippen LogP) is -0.391. The lowest BCUT2D eigenvalue weighted by Crippen LogP contribution is -2.10. The third kappa shape index (κ3) is 1.23. The van der Waals surface area contributed by atoms with Crippen molar-refractivity contribution in [3.63, 3.8) is 0 Å². The van der Waals surface area contributed by atoms with Gasteiger partial charge in [0.2, 0.25) is 0 Å². The Morgan fingerprint density at radius 2 is 2.56 bits per heavy atom. The quantitative estimate of drug-likeness (QED) is 0.567. The Morgan fingerprint density at radius 3 is 3.00 bits per heavy atom. The first-order valence-corrected chi connectivity index (χ1v) is 2.83. The molecule has 1 heterocycles. The van der Waals surface area contributed by atoms with Crippen molar-refractivity contribution < 1.29 is 0 Å². The minimum absolute atomic E-state index is 0.0799. The number of rotatable bonds is 2. The molecule has 1 atom stereocenters. The largest absolute Gasteiger partial charge is 0.321 e. The first-order chi connectivity index (χ1) is 4.34. The number of H-pyrrole nitrogens is 1. The summed E-state index contributed by atoms with van der Waals surface area (Å²) in [4.78, 5) is 0. The Kier molecular flexibility index (Phi) is 1.74. The van der Waals surface area contributed by atoms with E-state index in [1.165, 1.54) is 0 Å². The van der Waals surface area contributed by atoms with Gasteiger partial charge < -0.3 is 5.73 Å². The second-order valence-corrected chi connectivity index (χ2v) is 1.78. The molecule has 0 spiro atoms. The van der Waals surface area contributed by atoms with Gasteiger partial charge in [0.1, 0.15) is 0 Å². The van der Waals surface area contributed by atoms with Crippen molar-refractivity contribution in [2.24, 2.45) is 5.73 Å². The van der Waals surface area contributed by atoms with E-state index < -0.39 is 0 Å². The molecule has 0 fully saturated rings. The number of tetrazole rings is 1. The van der Waals surface area contributed by atoms with Crippen LogP contribution in [0.3, 0.4) is 0 Å². The van der Waals surface area contributed by atoms with Crippen molar-refractivity contribution in [3.05, 3.63) is 5.82 Å². The Morgan fingerprint density at radius 1 is 1.78 bits per heavy atom. The molecule has 0 aliphatic rings. The maximum atomic E-state index is 5.55. The number of nitrogens with one attached hydrogen (secondary N) is 1. The van der Waals surface area contributed by atoms with Gasteiger partial charge in [-0.05, 0) is 6.42 Å². The van der Waals surface area contributed by atoms with Crippen molar-refractivity contribution in [2.75, 3.05) is 0 Å². The molecule has 1 unspecified atom stereocenters. The summed E-state index contributed by atoms with van der Waals surface area (Å²) < 4.78 is 0. The lowest BCUT2D eigenvalue weighted by Gasteiger charge is -1.98. The van der Waals surface area contributed by atoms with Gasteiger partial charge in [-0.3, -0.25) is 0 Å². The van der Waals surface area contributed by atoms with Gasteiger partial charge in [-0.1, -0.05) is 12.1 Å². The van der Waals surface area contributed by atoms with Gasteiger partial charge in [0, 0.05) is 0 Å². The molecule has 9 heavy (non-hydrogen) atoms. The van der Waals surface area contributed by atoms with Gasteiger partial charge in [0.05, 0.1) is 6.04 Å². The van der Waals surface area contributed by atoms with E-state index in [1.807, 2.05) is 6.92 Å². The monoisotopic (exact) mass is 127 g/mol. The molecule has 5 nitrogen and oxygen atoms in total. The maximum absolute atomic E-state index is 5.55. The fourth-order valence-corrected chi connectivity index (χ4v) is 0.509. The Hall–Kier alpha value is -0.970. The molecule has 1 aromatic heterocycles. The van der Waals surface area contributed by atoms with Crippen LogP contribution >= 0.6 is 0 Å². The summed E-state index contributed by atoms with van der Waals surface area (Å²) in [6.45, 7) is 1.97. The van der Waals surface area contributed by atoms with E-state index >= 15 is 0 Å². The van der Waals surface area contributed by atoms with Crippen LogP contribution in [-0.4, -0.2) is 20.6 Å². The molecular weight excluding hydrogens is 118 g/mol. The fourth-order valence-electron chi connectivity index (χ4n) is 0.509. The first kappa shape index (κ1) is 6.15. The normalized spacial score (nSPS) is 13.6. The number of nitrogens with zero attached hydrogens (tertiary/aromatic N) is 3. The average Bonchev–Trinajstić information content (AvgIpc) is 2.37. The second kappa shape index (κ2) is 2.54. The van der Waals surface area contributed by atoms with Crippen LogP contribution < -0.4 is 5.73 Å². The third-order valence-corrected chi connectivity index (χ3v) is 1.13. The van der Waals surface area contributed by atoms with E-state index in [1.54, 1.807) is 0 Å². The van der Waals surface area contributed by atoms with Crippen molar-refractivity contribution in [3.8, 4) is 0 Å². The zero-order valence-electron chi connectivity index (χ0n) is 5.20. The third-order valence-electron chi connectivity index (χ3n) is 1.13. The van der Waals surface area contributed by atoms with Gasteiger partial charge in [0.15, 0.2) is 5.82 Å². The molecule has 50 valence electrons. The molecular formula is C4H9N5. The highest BCUT2D eigenvalue weighted by atomic mass is 15.5. The predicted molar refractivity (Wildman–Crippen MR) is 31.4 cm³/mol. The summed E-state index contributed by atoms with van der Waals surface area (Å²) in [6.07, 6.45) is 0.833. The summed E-state index contributed by atoms with van der Waals surface area (Å²) >= 11 is 0. The van der Waals surface area contributed by atoms with Gasteiger partial charge >= 0.3 is 0 Å². The molecule has 0 aromatic carbocycles. The molecule has 0 radical (unpaired) electrons. The number of aromatic nitrogens is 4.